The third-order valence-electron chi connectivity index (χ3n) is 4.91. The number of carbonyl (C=O) groups is 1. The SMILES string of the molecule is CC(C)CCn1c(=O)c2ccccc2n2c(SCC(=O)c3ccc(Br)cc3)nnc12. The molecule has 30 heavy (non-hydrogen) atoms. The Labute approximate surface area is 186 Å². The molecule has 4 aromatic rings. The van der Waals surface area contributed by atoms with E-state index >= 15 is 0 Å². The molecule has 0 saturated heterocycles. The third kappa shape index (κ3) is 4.06. The minimum absolute atomic E-state index is 0.0154. The standard InChI is InChI=1S/C22H21BrN4O2S/c1-14(2)11-12-26-20(29)17-5-3-4-6-18(17)27-21(26)24-25-22(27)30-13-19(28)15-7-9-16(23)10-8-15/h3-10,14H,11-13H2,1-2H3. The number of hydrogen-bond acceptors (Lipinski definition) is 5. The molecule has 0 amide bonds. The summed E-state index contributed by atoms with van der Waals surface area (Å²) >= 11 is 4.71. The van der Waals surface area contributed by atoms with Crippen molar-refractivity contribution in [3.05, 3.63) is 68.9 Å². The fourth-order valence-corrected chi connectivity index (χ4v) is 4.36. The summed E-state index contributed by atoms with van der Waals surface area (Å²) in [5.74, 6) is 1.23. The zero-order valence-corrected chi connectivity index (χ0v) is 19.1. The van der Waals surface area contributed by atoms with Gasteiger partial charge in [0.2, 0.25) is 5.78 Å². The highest BCUT2D eigenvalue weighted by atomic mass is 79.9. The Bertz CT molecular complexity index is 1280. The topological polar surface area (TPSA) is 69.3 Å². The van der Waals surface area contributed by atoms with Gasteiger partial charge in [0, 0.05) is 16.6 Å². The molecule has 4 rings (SSSR count). The van der Waals surface area contributed by atoms with Crippen LogP contribution in [0.4, 0.5) is 0 Å². The first-order chi connectivity index (χ1) is 14.5. The van der Waals surface area contributed by atoms with E-state index in [1.807, 2.05) is 40.8 Å². The maximum atomic E-state index is 13.1. The second-order valence-electron chi connectivity index (χ2n) is 7.49. The molecule has 0 radical (unpaired) electrons. The molecule has 0 atom stereocenters. The average molecular weight is 485 g/mol. The van der Waals surface area contributed by atoms with E-state index < -0.39 is 0 Å². The second kappa shape index (κ2) is 8.73. The lowest BCUT2D eigenvalue weighted by Crippen LogP contribution is -2.24. The van der Waals surface area contributed by atoms with Crippen molar-refractivity contribution in [1.29, 1.82) is 0 Å². The zero-order chi connectivity index (χ0) is 21.3. The summed E-state index contributed by atoms with van der Waals surface area (Å²) in [7, 11) is 0. The van der Waals surface area contributed by atoms with Crippen LogP contribution in [0.2, 0.25) is 0 Å². The van der Waals surface area contributed by atoms with Gasteiger partial charge in [-0.15, -0.1) is 10.2 Å². The van der Waals surface area contributed by atoms with Gasteiger partial charge in [-0.2, -0.15) is 0 Å². The second-order valence-corrected chi connectivity index (χ2v) is 9.35. The first kappa shape index (κ1) is 20.8. The molecule has 0 aliphatic rings. The van der Waals surface area contributed by atoms with Crippen molar-refractivity contribution in [3.8, 4) is 0 Å². The summed E-state index contributed by atoms with van der Waals surface area (Å²) in [6, 6.07) is 14.8. The van der Waals surface area contributed by atoms with Crippen molar-refractivity contribution in [2.24, 2.45) is 5.92 Å². The molecule has 0 aliphatic heterocycles. The van der Waals surface area contributed by atoms with Crippen molar-refractivity contribution in [1.82, 2.24) is 19.2 Å². The number of fused-ring (bicyclic) bond motifs is 3. The van der Waals surface area contributed by atoms with E-state index in [0.29, 0.717) is 34.3 Å². The molecule has 0 unspecified atom stereocenters. The summed E-state index contributed by atoms with van der Waals surface area (Å²) in [4.78, 5) is 25.7. The average Bonchev–Trinajstić information content (AvgIpc) is 3.16. The lowest BCUT2D eigenvalue weighted by atomic mass is 10.1. The smallest absolute Gasteiger partial charge is 0.262 e. The molecule has 0 bridgehead atoms. The van der Waals surface area contributed by atoms with Gasteiger partial charge in [0.15, 0.2) is 10.9 Å². The number of halogens is 1. The maximum Gasteiger partial charge on any atom is 0.262 e. The van der Waals surface area contributed by atoms with Crippen LogP contribution >= 0.6 is 27.7 Å². The van der Waals surface area contributed by atoms with Crippen molar-refractivity contribution in [3.63, 3.8) is 0 Å². The van der Waals surface area contributed by atoms with Crippen molar-refractivity contribution in [2.75, 3.05) is 5.75 Å². The number of ketones is 1. The summed E-state index contributed by atoms with van der Waals surface area (Å²) in [6.45, 7) is 4.83. The number of hydrogen-bond donors (Lipinski definition) is 0. The number of rotatable bonds is 7. The Hall–Kier alpha value is -2.45. The van der Waals surface area contributed by atoms with E-state index in [9.17, 15) is 9.59 Å². The fourth-order valence-electron chi connectivity index (χ4n) is 3.27. The molecule has 0 aliphatic carbocycles. The van der Waals surface area contributed by atoms with Crippen LogP contribution in [0.5, 0.6) is 0 Å². The van der Waals surface area contributed by atoms with Gasteiger partial charge < -0.3 is 0 Å². The van der Waals surface area contributed by atoms with Gasteiger partial charge >= 0.3 is 0 Å². The summed E-state index contributed by atoms with van der Waals surface area (Å²) in [5, 5.41) is 9.84. The maximum absolute atomic E-state index is 13.1. The van der Waals surface area contributed by atoms with E-state index in [1.54, 1.807) is 16.7 Å². The molecule has 0 N–H and O–H groups in total. The monoisotopic (exact) mass is 484 g/mol. The summed E-state index contributed by atoms with van der Waals surface area (Å²) in [6.07, 6.45) is 0.866. The van der Waals surface area contributed by atoms with Crippen LogP contribution in [0.25, 0.3) is 16.7 Å². The van der Waals surface area contributed by atoms with Crippen LogP contribution in [0, 0.1) is 5.92 Å². The van der Waals surface area contributed by atoms with Crippen LogP contribution in [0.1, 0.15) is 30.6 Å². The van der Waals surface area contributed by atoms with Crippen molar-refractivity contribution in [2.45, 2.75) is 32.0 Å². The Morgan fingerprint density at radius 2 is 1.83 bits per heavy atom. The first-order valence-corrected chi connectivity index (χ1v) is 11.5. The number of para-hydroxylation sites is 1. The van der Waals surface area contributed by atoms with Crippen LogP contribution in [-0.2, 0) is 6.54 Å². The lowest BCUT2D eigenvalue weighted by molar-refractivity contribution is 0.102. The Kier molecular flexibility index (Phi) is 6.06. The minimum Gasteiger partial charge on any atom is -0.293 e. The Balaban J connectivity index is 1.73. The molecule has 0 fully saturated rings. The molecule has 0 spiro atoms. The van der Waals surface area contributed by atoms with E-state index in [2.05, 4.69) is 40.0 Å². The van der Waals surface area contributed by atoms with Crippen molar-refractivity contribution >= 4 is 50.2 Å². The highest BCUT2D eigenvalue weighted by Gasteiger charge is 2.18. The highest BCUT2D eigenvalue weighted by Crippen LogP contribution is 2.23. The number of thioether (sulfide) groups is 1. The molecule has 2 aromatic carbocycles. The Morgan fingerprint density at radius 1 is 1.10 bits per heavy atom. The third-order valence-corrected chi connectivity index (χ3v) is 6.36. The van der Waals surface area contributed by atoms with Gasteiger partial charge in [-0.05, 0) is 36.6 Å². The predicted octanol–water partition coefficient (Wildman–Crippen LogP) is 4.83. The quantitative estimate of drug-likeness (QED) is 0.277. The van der Waals surface area contributed by atoms with Crippen LogP contribution in [0.15, 0.2) is 63.0 Å². The Morgan fingerprint density at radius 3 is 2.57 bits per heavy atom. The van der Waals surface area contributed by atoms with Gasteiger partial charge in [0.1, 0.15) is 0 Å². The normalized spacial score (nSPS) is 11.6. The molecular formula is C22H21BrN4O2S. The van der Waals surface area contributed by atoms with Gasteiger partial charge in [0.05, 0.1) is 16.7 Å². The summed E-state index contributed by atoms with van der Waals surface area (Å²) < 4.78 is 4.51. The van der Waals surface area contributed by atoms with Gasteiger partial charge in [0.25, 0.3) is 5.56 Å². The van der Waals surface area contributed by atoms with Crippen LogP contribution in [0.3, 0.4) is 0 Å². The predicted molar refractivity (Wildman–Crippen MR) is 123 cm³/mol. The van der Waals surface area contributed by atoms with E-state index in [-0.39, 0.29) is 17.1 Å². The number of carbonyl (C=O) groups excluding carboxylic acids is 1. The first-order valence-electron chi connectivity index (χ1n) is 9.74. The molecule has 8 heteroatoms. The number of aromatic nitrogens is 4. The number of benzene rings is 2. The molecule has 2 heterocycles. The molecule has 0 saturated carbocycles. The van der Waals surface area contributed by atoms with E-state index in [0.717, 1.165) is 16.4 Å². The number of aryl methyl sites for hydroxylation is 1. The van der Waals surface area contributed by atoms with Crippen molar-refractivity contribution < 1.29 is 4.79 Å². The largest absolute Gasteiger partial charge is 0.293 e. The zero-order valence-electron chi connectivity index (χ0n) is 16.7. The number of nitrogens with zero attached hydrogens (tertiary/aromatic N) is 4. The lowest BCUT2D eigenvalue weighted by Gasteiger charge is -2.12. The van der Waals surface area contributed by atoms with Crippen LogP contribution < -0.4 is 5.56 Å². The van der Waals surface area contributed by atoms with Gasteiger partial charge in [-0.1, -0.05) is 65.8 Å². The van der Waals surface area contributed by atoms with Crippen LogP contribution in [-0.4, -0.2) is 30.7 Å². The van der Waals surface area contributed by atoms with Gasteiger partial charge in [-0.3, -0.25) is 18.6 Å². The summed E-state index contributed by atoms with van der Waals surface area (Å²) in [5.41, 5.74) is 1.34. The molecule has 6 nitrogen and oxygen atoms in total. The molecule has 2 aromatic heterocycles. The fraction of sp³-hybridized carbons (Fsp3) is 0.273. The van der Waals surface area contributed by atoms with E-state index in [4.69, 9.17) is 0 Å². The molecule has 154 valence electrons. The number of Topliss-reactive ketones (excluding diaryl/α,β-unsaturated/α-hetero) is 1. The molecular weight excluding hydrogens is 464 g/mol. The minimum atomic E-state index is -0.0614. The van der Waals surface area contributed by atoms with Gasteiger partial charge in [-0.25, -0.2) is 0 Å². The highest BCUT2D eigenvalue weighted by molar-refractivity contribution is 9.10. The van der Waals surface area contributed by atoms with E-state index in [1.165, 1.54) is 11.8 Å².